The lowest BCUT2D eigenvalue weighted by Crippen LogP contribution is -2.29. The maximum atomic E-state index is 12.9. The average Bonchev–Trinajstić information content (AvgIpc) is 2.75. The Bertz CT molecular complexity index is 1180. The summed E-state index contributed by atoms with van der Waals surface area (Å²) in [6.07, 6.45) is 0.657. The molecule has 1 aliphatic carbocycles. The summed E-state index contributed by atoms with van der Waals surface area (Å²) < 4.78 is 0. The Kier molecular flexibility index (Phi) is 4.83. The van der Waals surface area contributed by atoms with Crippen molar-refractivity contribution in [3.63, 3.8) is 0 Å². The number of fused-ring (bicyclic) bond motifs is 2. The molecular formula is C24H19NO5. The van der Waals surface area contributed by atoms with Gasteiger partial charge < -0.3 is 15.1 Å². The van der Waals surface area contributed by atoms with E-state index in [2.05, 4.69) is 0 Å². The molecule has 3 aromatic carbocycles. The van der Waals surface area contributed by atoms with Crippen LogP contribution in [-0.2, 0) is 6.42 Å². The molecule has 6 nitrogen and oxygen atoms in total. The van der Waals surface area contributed by atoms with Crippen LogP contribution in [0.25, 0.3) is 0 Å². The second-order valence-electron chi connectivity index (χ2n) is 7.24. The molecule has 0 spiro atoms. The normalized spacial score (nSPS) is 12.3. The van der Waals surface area contributed by atoms with Gasteiger partial charge in [0, 0.05) is 30.3 Å². The van der Waals surface area contributed by atoms with E-state index in [4.69, 9.17) is 0 Å². The number of benzene rings is 3. The summed E-state index contributed by atoms with van der Waals surface area (Å²) in [6.45, 7) is 0.449. The number of amides is 1. The fourth-order valence-corrected chi connectivity index (χ4v) is 3.67. The van der Waals surface area contributed by atoms with Crippen molar-refractivity contribution in [1.29, 1.82) is 0 Å². The number of likely N-dealkylation sites (N-methyl/N-ethyl adjacent to an activating group) is 1. The number of phenols is 2. The summed E-state index contributed by atoms with van der Waals surface area (Å²) >= 11 is 0. The summed E-state index contributed by atoms with van der Waals surface area (Å²) in [5.74, 6) is -2.32. The molecule has 0 heterocycles. The molecule has 1 amide bonds. The van der Waals surface area contributed by atoms with Crippen LogP contribution in [0.5, 0.6) is 11.5 Å². The maximum Gasteiger partial charge on any atom is 0.253 e. The van der Waals surface area contributed by atoms with Crippen LogP contribution >= 0.6 is 0 Å². The lowest BCUT2D eigenvalue weighted by atomic mass is 9.82. The van der Waals surface area contributed by atoms with E-state index in [1.165, 1.54) is 35.2 Å². The number of hydrogen-bond acceptors (Lipinski definition) is 5. The molecule has 4 rings (SSSR count). The van der Waals surface area contributed by atoms with Crippen molar-refractivity contribution < 1.29 is 24.6 Å². The minimum absolute atomic E-state index is 0.0436. The summed E-state index contributed by atoms with van der Waals surface area (Å²) in [7, 11) is 1.64. The first kappa shape index (κ1) is 19.4. The van der Waals surface area contributed by atoms with E-state index in [1.807, 2.05) is 30.3 Å². The van der Waals surface area contributed by atoms with Crippen molar-refractivity contribution in [1.82, 2.24) is 4.90 Å². The lowest BCUT2D eigenvalue weighted by molar-refractivity contribution is 0.0795. The number of ketones is 2. The van der Waals surface area contributed by atoms with Crippen molar-refractivity contribution in [2.75, 3.05) is 13.6 Å². The smallest absolute Gasteiger partial charge is 0.253 e. The zero-order chi connectivity index (χ0) is 21.4. The highest BCUT2D eigenvalue weighted by Crippen LogP contribution is 2.37. The van der Waals surface area contributed by atoms with Gasteiger partial charge in [0.25, 0.3) is 5.91 Å². The van der Waals surface area contributed by atoms with E-state index in [0.29, 0.717) is 13.0 Å². The summed E-state index contributed by atoms with van der Waals surface area (Å²) in [5.41, 5.74) is 0.878. The van der Waals surface area contributed by atoms with E-state index < -0.39 is 17.3 Å². The SMILES string of the molecule is CN(CCc1ccccc1)C(=O)c1cc(O)c2c(c1)C(=O)c1cccc(O)c1C2=O. The minimum atomic E-state index is -0.647. The molecule has 150 valence electrons. The number of hydrogen-bond donors (Lipinski definition) is 2. The second kappa shape index (κ2) is 7.48. The molecule has 0 aliphatic heterocycles. The van der Waals surface area contributed by atoms with Crippen molar-refractivity contribution >= 4 is 17.5 Å². The Morgan fingerprint density at radius 2 is 1.53 bits per heavy atom. The van der Waals surface area contributed by atoms with Crippen LogP contribution in [0.3, 0.4) is 0 Å². The van der Waals surface area contributed by atoms with Crippen LogP contribution in [0.4, 0.5) is 0 Å². The summed E-state index contributed by atoms with van der Waals surface area (Å²) in [4.78, 5) is 40.1. The van der Waals surface area contributed by atoms with Gasteiger partial charge in [-0.3, -0.25) is 14.4 Å². The van der Waals surface area contributed by atoms with Crippen molar-refractivity contribution in [3.8, 4) is 11.5 Å². The Hall–Kier alpha value is -3.93. The first-order valence-corrected chi connectivity index (χ1v) is 9.46. The predicted octanol–water partition coefficient (Wildman–Crippen LogP) is 3.19. The largest absolute Gasteiger partial charge is 0.507 e. The molecule has 0 radical (unpaired) electrons. The van der Waals surface area contributed by atoms with Gasteiger partial charge in [0.15, 0.2) is 5.78 Å². The lowest BCUT2D eigenvalue weighted by Gasteiger charge is -2.22. The second-order valence-corrected chi connectivity index (χ2v) is 7.24. The first-order chi connectivity index (χ1) is 14.4. The van der Waals surface area contributed by atoms with Gasteiger partial charge in [0.05, 0.1) is 11.1 Å². The molecule has 6 heteroatoms. The van der Waals surface area contributed by atoms with E-state index in [0.717, 1.165) is 5.56 Å². The van der Waals surface area contributed by atoms with Crippen LogP contribution in [0.15, 0.2) is 60.7 Å². The van der Waals surface area contributed by atoms with Gasteiger partial charge in [-0.25, -0.2) is 0 Å². The Balaban J connectivity index is 1.65. The molecule has 0 saturated heterocycles. The number of phenolic OH excluding ortho intramolecular Hbond substituents is 2. The van der Waals surface area contributed by atoms with Crippen molar-refractivity contribution in [2.24, 2.45) is 0 Å². The zero-order valence-electron chi connectivity index (χ0n) is 16.3. The number of carbonyl (C=O) groups is 3. The predicted molar refractivity (Wildman–Crippen MR) is 110 cm³/mol. The highest BCUT2D eigenvalue weighted by atomic mass is 16.3. The highest BCUT2D eigenvalue weighted by molar-refractivity contribution is 6.30. The Morgan fingerprint density at radius 1 is 0.833 bits per heavy atom. The molecule has 1 aliphatic rings. The zero-order valence-corrected chi connectivity index (χ0v) is 16.3. The highest BCUT2D eigenvalue weighted by Gasteiger charge is 2.35. The van der Waals surface area contributed by atoms with Crippen LogP contribution in [-0.4, -0.2) is 46.2 Å². The quantitative estimate of drug-likeness (QED) is 0.548. The Labute approximate surface area is 173 Å². The standard InChI is InChI=1S/C24H19NO5/c1-25(11-10-14-6-3-2-4-7-14)24(30)15-12-17-21(19(27)13-15)23(29)20-16(22(17)28)8-5-9-18(20)26/h2-9,12-13,26-27H,10-11H2,1H3. The number of nitrogens with zero attached hydrogens (tertiary/aromatic N) is 1. The van der Waals surface area contributed by atoms with Gasteiger partial charge in [-0.2, -0.15) is 0 Å². The summed E-state index contributed by atoms with van der Waals surface area (Å²) in [5, 5.41) is 20.5. The van der Waals surface area contributed by atoms with Gasteiger partial charge in [-0.15, -0.1) is 0 Å². The van der Waals surface area contributed by atoms with Gasteiger partial charge >= 0.3 is 0 Å². The van der Waals surface area contributed by atoms with Gasteiger partial charge in [0.2, 0.25) is 5.78 Å². The first-order valence-electron chi connectivity index (χ1n) is 9.46. The van der Waals surface area contributed by atoms with Crippen molar-refractivity contribution in [2.45, 2.75) is 6.42 Å². The molecule has 0 saturated carbocycles. The van der Waals surface area contributed by atoms with Gasteiger partial charge in [-0.1, -0.05) is 42.5 Å². The topological polar surface area (TPSA) is 94.9 Å². The molecule has 2 N–H and O–H groups in total. The Morgan fingerprint density at radius 3 is 2.27 bits per heavy atom. The third-order valence-electron chi connectivity index (χ3n) is 5.28. The third kappa shape index (κ3) is 3.22. The fraction of sp³-hybridized carbons (Fsp3) is 0.125. The van der Waals surface area contributed by atoms with E-state index >= 15 is 0 Å². The molecule has 30 heavy (non-hydrogen) atoms. The molecular weight excluding hydrogens is 382 g/mol. The van der Waals surface area contributed by atoms with Gasteiger partial charge in [0.1, 0.15) is 11.5 Å². The van der Waals surface area contributed by atoms with Crippen LogP contribution < -0.4 is 0 Å². The van der Waals surface area contributed by atoms with Crippen LogP contribution in [0, 0.1) is 0 Å². The van der Waals surface area contributed by atoms with Crippen LogP contribution in [0.1, 0.15) is 47.8 Å². The fourth-order valence-electron chi connectivity index (χ4n) is 3.67. The average molecular weight is 401 g/mol. The molecule has 0 bridgehead atoms. The molecule has 0 fully saturated rings. The monoisotopic (exact) mass is 401 g/mol. The van der Waals surface area contributed by atoms with Gasteiger partial charge in [-0.05, 0) is 30.2 Å². The number of aromatic hydroxyl groups is 2. The van der Waals surface area contributed by atoms with E-state index in [-0.39, 0.29) is 39.5 Å². The van der Waals surface area contributed by atoms with Crippen molar-refractivity contribution in [3.05, 3.63) is 94.0 Å². The summed E-state index contributed by atoms with van der Waals surface area (Å²) in [6, 6.07) is 16.5. The molecule has 3 aromatic rings. The van der Waals surface area contributed by atoms with E-state index in [1.54, 1.807) is 7.05 Å². The molecule has 0 aromatic heterocycles. The van der Waals surface area contributed by atoms with E-state index in [9.17, 15) is 24.6 Å². The number of rotatable bonds is 4. The maximum absolute atomic E-state index is 12.9. The number of carbonyl (C=O) groups excluding carboxylic acids is 3. The third-order valence-corrected chi connectivity index (χ3v) is 5.28. The minimum Gasteiger partial charge on any atom is -0.507 e. The molecule has 0 atom stereocenters. The van der Waals surface area contributed by atoms with Crippen LogP contribution in [0.2, 0.25) is 0 Å². The molecule has 0 unspecified atom stereocenters.